The molecule has 0 saturated carbocycles. The highest BCUT2D eigenvalue weighted by Crippen LogP contribution is 2.30. The predicted molar refractivity (Wildman–Crippen MR) is 69.6 cm³/mol. The summed E-state index contributed by atoms with van der Waals surface area (Å²) in [5, 5.41) is 0. The summed E-state index contributed by atoms with van der Waals surface area (Å²) >= 11 is 0. The lowest BCUT2D eigenvalue weighted by atomic mass is 9.88. The second-order valence-electron chi connectivity index (χ2n) is 5.14. The lowest BCUT2D eigenvalue weighted by Gasteiger charge is -2.41. The number of rotatable bonds is 4. The van der Waals surface area contributed by atoms with Gasteiger partial charge in [-0.25, -0.2) is 0 Å². The van der Waals surface area contributed by atoms with Crippen LogP contribution in [0.4, 0.5) is 0 Å². The Hall–Kier alpha value is -0.955. The summed E-state index contributed by atoms with van der Waals surface area (Å²) in [5.74, 6) is 0.884. The molecule has 0 unspecified atom stereocenters. The SMILES string of the molecule is BOC(C)(C)C(C)(C)Oc1cccc(C)c1. The molecule has 0 fully saturated rings. The fourth-order valence-corrected chi connectivity index (χ4v) is 1.34. The van der Waals surface area contributed by atoms with Crippen LogP contribution < -0.4 is 4.74 Å². The molecule has 16 heavy (non-hydrogen) atoms. The molecule has 0 spiro atoms. The fourth-order valence-electron chi connectivity index (χ4n) is 1.34. The molecular weight excluding hydrogens is 199 g/mol. The molecule has 0 amide bonds. The number of hydrogen-bond donors (Lipinski definition) is 0. The zero-order chi connectivity index (χ0) is 12.4. The largest absolute Gasteiger partial charge is 0.485 e. The van der Waals surface area contributed by atoms with Gasteiger partial charge in [0.2, 0.25) is 0 Å². The maximum Gasteiger partial charge on any atom is 0.258 e. The molecule has 0 heterocycles. The molecule has 0 aliphatic carbocycles. The normalized spacial score (nSPS) is 12.6. The van der Waals surface area contributed by atoms with Crippen LogP contribution in [0.25, 0.3) is 0 Å². The summed E-state index contributed by atoms with van der Waals surface area (Å²) in [7, 11) is 1.71. The Morgan fingerprint density at radius 2 is 1.69 bits per heavy atom. The molecule has 3 heteroatoms. The van der Waals surface area contributed by atoms with Gasteiger partial charge in [-0.1, -0.05) is 12.1 Å². The van der Waals surface area contributed by atoms with Gasteiger partial charge in [0.15, 0.2) is 0 Å². The standard InChI is InChI=1S/C13H21BO2/c1-10-7-6-8-11(9-10)15-12(2,3)13(4,5)16-14/h6-9H,14H2,1-5H3. The van der Waals surface area contributed by atoms with E-state index in [0.717, 1.165) is 5.75 Å². The third-order valence-electron chi connectivity index (χ3n) is 3.32. The first-order chi connectivity index (χ1) is 7.28. The molecule has 0 aliphatic heterocycles. The van der Waals surface area contributed by atoms with E-state index in [1.54, 1.807) is 8.05 Å². The minimum absolute atomic E-state index is 0.337. The maximum atomic E-state index is 6.01. The van der Waals surface area contributed by atoms with Crippen molar-refractivity contribution in [2.75, 3.05) is 0 Å². The van der Waals surface area contributed by atoms with E-state index in [0.29, 0.717) is 0 Å². The Kier molecular flexibility index (Phi) is 3.69. The van der Waals surface area contributed by atoms with Crippen molar-refractivity contribution in [1.82, 2.24) is 0 Å². The molecule has 0 bridgehead atoms. The molecule has 0 atom stereocenters. The van der Waals surface area contributed by atoms with Crippen LogP contribution in [0.5, 0.6) is 5.75 Å². The van der Waals surface area contributed by atoms with Crippen LogP contribution in [0, 0.1) is 6.92 Å². The van der Waals surface area contributed by atoms with E-state index in [1.807, 2.05) is 45.9 Å². The molecule has 1 rings (SSSR count). The van der Waals surface area contributed by atoms with Gasteiger partial charge >= 0.3 is 0 Å². The second kappa shape index (κ2) is 4.50. The van der Waals surface area contributed by atoms with Crippen molar-refractivity contribution in [3.63, 3.8) is 0 Å². The van der Waals surface area contributed by atoms with Crippen molar-refractivity contribution < 1.29 is 9.39 Å². The number of ether oxygens (including phenoxy) is 1. The van der Waals surface area contributed by atoms with Crippen molar-refractivity contribution in [2.24, 2.45) is 0 Å². The van der Waals surface area contributed by atoms with Gasteiger partial charge in [0.1, 0.15) is 11.4 Å². The Morgan fingerprint density at radius 1 is 1.06 bits per heavy atom. The van der Waals surface area contributed by atoms with Crippen molar-refractivity contribution in [1.29, 1.82) is 0 Å². The van der Waals surface area contributed by atoms with Crippen LogP contribution in [0.15, 0.2) is 24.3 Å². The van der Waals surface area contributed by atoms with Crippen molar-refractivity contribution >= 4 is 8.05 Å². The van der Waals surface area contributed by atoms with Gasteiger partial charge in [-0.15, -0.1) is 0 Å². The summed E-state index contributed by atoms with van der Waals surface area (Å²) in [6.07, 6.45) is 0. The molecule has 1 aromatic rings. The van der Waals surface area contributed by atoms with Crippen LogP contribution in [-0.4, -0.2) is 19.3 Å². The molecule has 2 nitrogen and oxygen atoms in total. The van der Waals surface area contributed by atoms with Crippen LogP contribution in [-0.2, 0) is 4.65 Å². The second-order valence-corrected chi connectivity index (χ2v) is 5.14. The minimum atomic E-state index is -0.379. The lowest BCUT2D eigenvalue weighted by molar-refractivity contribution is -0.0697. The number of aryl methyl sites for hydroxylation is 1. The van der Waals surface area contributed by atoms with Crippen LogP contribution >= 0.6 is 0 Å². The van der Waals surface area contributed by atoms with Gasteiger partial charge in [0.25, 0.3) is 8.05 Å². The van der Waals surface area contributed by atoms with Crippen molar-refractivity contribution in [3.05, 3.63) is 29.8 Å². The molecule has 0 radical (unpaired) electrons. The topological polar surface area (TPSA) is 18.5 Å². The van der Waals surface area contributed by atoms with Gasteiger partial charge in [-0.3, -0.25) is 0 Å². The highest BCUT2D eigenvalue weighted by Gasteiger charge is 2.38. The Morgan fingerprint density at radius 3 is 2.19 bits per heavy atom. The summed E-state index contributed by atoms with van der Waals surface area (Å²) < 4.78 is 11.5. The van der Waals surface area contributed by atoms with E-state index in [2.05, 4.69) is 13.0 Å². The zero-order valence-electron chi connectivity index (χ0n) is 11.1. The third kappa shape index (κ3) is 2.79. The van der Waals surface area contributed by atoms with E-state index < -0.39 is 0 Å². The summed E-state index contributed by atoms with van der Waals surface area (Å²) in [6, 6.07) is 8.07. The van der Waals surface area contributed by atoms with E-state index >= 15 is 0 Å². The number of hydrogen-bond acceptors (Lipinski definition) is 2. The molecule has 1 aromatic carbocycles. The van der Waals surface area contributed by atoms with Crippen LogP contribution in [0.3, 0.4) is 0 Å². The van der Waals surface area contributed by atoms with Crippen LogP contribution in [0.1, 0.15) is 33.3 Å². The molecule has 0 aliphatic rings. The number of benzene rings is 1. The zero-order valence-corrected chi connectivity index (χ0v) is 11.1. The minimum Gasteiger partial charge on any atom is -0.485 e. The third-order valence-corrected chi connectivity index (χ3v) is 3.32. The Balaban J connectivity index is 2.88. The molecule has 0 aromatic heterocycles. The maximum absolute atomic E-state index is 6.01. The van der Waals surface area contributed by atoms with E-state index in [-0.39, 0.29) is 11.2 Å². The van der Waals surface area contributed by atoms with E-state index in [1.165, 1.54) is 5.56 Å². The van der Waals surface area contributed by atoms with Crippen molar-refractivity contribution in [2.45, 2.75) is 45.8 Å². The molecule has 88 valence electrons. The van der Waals surface area contributed by atoms with E-state index in [9.17, 15) is 0 Å². The molecular formula is C13H21BO2. The summed E-state index contributed by atoms with van der Waals surface area (Å²) in [4.78, 5) is 0. The average molecular weight is 220 g/mol. The van der Waals surface area contributed by atoms with Gasteiger partial charge in [-0.05, 0) is 52.3 Å². The quantitative estimate of drug-likeness (QED) is 0.726. The first-order valence-electron chi connectivity index (χ1n) is 5.59. The summed E-state index contributed by atoms with van der Waals surface area (Å²) in [6.45, 7) is 10.2. The highest BCUT2D eigenvalue weighted by molar-refractivity contribution is 5.98. The van der Waals surface area contributed by atoms with Gasteiger partial charge < -0.3 is 9.39 Å². The molecule has 0 N–H and O–H groups in total. The smallest absolute Gasteiger partial charge is 0.258 e. The van der Waals surface area contributed by atoms with Crippen molar-refractivity contribution in [3.8, 4) is 5.75 Å². The Labute approximate surface area is 99.4 Å². The monoisotopic (exact) mass is 220 g/mol. The lowest BCUT2D eigenvalue weighted by Crippen LogP contribution is -2.51. The fraction of sp³-hybridized carbons (Fsp3) is 0.538. The van der Waals surface area contributed by atoms with Gasteiger partial charge in [0.05, 0.1) is 5.60 Å². The first kappa shape index (κ1) is 13.1. The Bertz CT molecular complexity index is 359. The van der Waals surface area contributed by atoms with Gasteiger partial charge in [-0.2, -0.15) is 0 Å². The van der Waals surface area contributed by atoms with E-state index in [4.69, 9.17) is 9.39 Å². The predicted octanol–water partition coefficient (Wildman–Crippen LogP) is 2.50. The summed E-state index contributed by atoms with van der Waals surface area (Å²) in [5.41, 5.74) is 0.482. The molecule has 0 saturated heterocycles. The average Bonchev–Trinajstić information content (AvgIpc) is 2.16. The van der Waals surface area contributed by atoms with Gasteiger partial charge in [0, 0.05) is 0 Å². The first-order valence-corrected chi connectivity index (χ1v) is 5.59. The van der Waals surface area contributed by atoms with Crippen LogP contribution in [0.2, 0.25) is 0 Å². The highest BCUT2D eigenvalue weighted by atomic mass is 16.5.